The molecule has 92 valence electrons. The Morgan fingerprint density at radius 1 is 0.882 bits per heavy atom. The normalized spacial score (nSPS) is 18.4. The summed E-state index contributed by atoms with van der Waals surface area (Å²) in [5, 5.41) is 0. The van der Waals surface area contributed by atoms with Gasteiger partial charge in [0, 0.05) is 0 Å². The van der Waals surface area contributed by atoms with Gasteiger partial charge in [0.1, 0.15) is 0 Å². The van der Waals surface area contributed by atoms with Gasteiger partial charge in [0.2, 0.25) is 0 Å². The van der Waals surface area contributed by atoms with Gasteiger partial charge < -0.3 is 24.8 Å². The Kier molecular flexibility index (Phi) is 7.30. The van der Waals surface area contributed by atoms with Crippen molar-refractivity contribution < 1.29 is 48.0 Å². The van der Waals surface area contributed by atoms with Gasteiger partial charge in [0.15, 0.2) is 0 Å². The third-order valence-corrected chi connectivity index (χ3v) is 8.17. The van der Waals surface area contributed by atoms with Crippen molar-refractivity contribution in [1.82, 2.24) is 0 Å². The Balaban J connectivity index is 0.00000128. The van der Waals surface area contributed by atoms with Crippen LogP contribution in [0.15, 0.2) is 41.0 Å². The Hall–Kier alpha value is 0.423. The van der Waals surface area contributed by atoms with Gasteiger partial charge in [-0.15, -0.1) is 0 Å². The van der Waals surface area contributed by atoms with Crippen LogP contribution in [0.2, 0.25) is 0 Å². The van der Waals surface area contributed by atoms with E-state index in [1.807, 2.05) is 0 Å². The molecule has 2 rings (SSSR count). The molecule has 0 radical (unpaired) electrons. The minimum absolute atomic E-state index is 0. The van der Waals surface area contributed by atoms with Gasteiger partial charge in [-0.1, -0.05) is 0 Å². The Morgan fingerprint density at radius 3 is 1.88 bits per heavy atom. The molecule has 0 N–H and O–H groups in total. The van der Waals surface area contributed by atoms with Gasteiger partial charge in [-0.25, -0.2) is 0 Å². The van der Waals surface area contributed by atoms with E-state index < -0.39 is 23.2 Å². The number of hydrogen-bond donors (Lipinski definition) is 0. The van der Waals surface area contributed by atoms with Crippen LogP contribution < -0.4 is 24.8 Å². The first kappa shape index (κ1) is 17.4. The third kappa shape index (κ3) is 3.69. The van der Waals surface area contributed by atoms with Crippen LogP contribution in [0.5, 0.6) is 0 Å². The van der Waals surface area contributed by atoms with Gasteiger partial charge in [-0.3, -0.25) is 0 Å². The predicted molar refractivity (Wildman–Crippen MR) is 62.1 cm³/mol. The topological polar surface area (TPSA) is 0 Å². The van der Waals surface area contributed by atoms with Gasteiger partial charge in [0.05, 0.1) is 0 Å². The average Bonchev–Trinajstić information content (AvgIpc) is 2.68. The second-order valence-electron chi connectivity index (χ2n) is 4.60. The molecule has 0 unspecified atom stereocenters. The molecule has 0 spiro atoms. The van der Waals surface area contributed by atoms with E-state index in [1.54, 1.807) is 28.9 Å². The number of hydrogen-bond acceptors (Lipinski definition) is 0. The summed E-state index contributed by atoms with van der Waals surface area (Å²) in [5.41, 5.74) is 6.39. The summed E-state index contributed by atoms with van der Waals surface area (Å²) >= 11 is -0.497. The van der Waals surface area contributed by atoms with Crippen LogP contribution in [0.3, 0.4) is 0 Å². The first-order chi connectivity index (χ1) is 7.09. The standard InChI is InChI=1S/2C7H9.2ClH.Zr/c1-6-3-4-7(2)5-6;1-6-4-3-5-7(6)2;;;/h2*3H,4H2,1-2H3;2*1H;/q;;;;+2/p-2. The molecule has 0 saturated carbocycles. The Bertz CT molecular complexity index is 426. The van der Waals surface area contributed by atoms with E-state index in [9.17, 15) is 0 Å². The molecule has 0 aromatic carbocycles. The Morgan fingerprint density at radius 2 is 1.47 bits per heavy atom. The molecule has 0 amide bonds. The molecule has 0 fully saturated rings. The molecule has 0 saturated heterocycles. The second kappa shape index (κ2) is 7.12. The molecule has 2 aliphatic carbocycles. The summed E-state index contributed by atoms with van der Waals surface area (Å²) in [6.45, 7) is 9.18. The minimum Gasteiger partial charge on any atom is -1.00 e. The summed E-state index contributed by atoms with van der Waals surface area (Å²) in [7, 11) is 0. The smallest absolute Gasteiger partial charge is 1.00 e. The second-order valence-corrected chi connectivity index (χ2v) is 7.77. The van der Waals surface area contributed by atoms with E-state index in [2.05, 4.69) is 39.8 Å². The van der Waals surface area contributed by atoms with Crippen LogP contribution in [0.4, 0.5) is 0 Å². The summed E-state index contributed by atoms with van der Waals surface area (Å²) in [4.78, 5) is 0. The molecule has 0 aromatic rings. The maximum absolute atomic E-state index is 2.47. The SMILES string of the molecule is CC1=CCC(C)=[C]1[Zr+2][C]1=CCC(C)=C1C.[Cl-].[Cl-]. The van der Waals surface area contributed by atoms with Crippen LogP contribution in [-0.4, -0.2) is 0 Å². The van der Waals surface area contributed by atoms with Crippen LogP contribution in [0.1, 0.15) is 40.5 Å². The van der Waals surface area contributed by atoms with Gasteiger partial charge in [0.25, 0.3) is 0 Å². The first-order valence-electron chi connectivity index (χ1n) is 5.60. The molecule has 3 heteroatoms. The molecular weight excluding hydrogens is 330 g/mol. The monoisotopic (exact) mass is 346 g/mol. The molecule has 0 aromatic heterocycles. The summed E-state index contributed by atoms with van der Waals surface area (Å²) in [5.74, 6) is 0. The minimum atomic E-state index is -0.497. The van der Waals surface area contributed by atoms with E-state index in [0.717, 1.165) is 0 Å². The maximum atomic E-state index is 2.47. The summed E-state index contributed by atoms with van der Waals surface area (Å²) in [6.07, 6.45) is 7.28. The van der Waals surface area contributed by atoms with E-state index >= 15 is 0 Å². The van der Waals surface area contributed by atoms with Crippen LogP contribution in [-0.2, 0) is 23.2 Å². The van der Waals surface area contributed by atoms with Gasteiger partial charge in [-0.2, -0.15) is 0 Å². The average molecular weight is 348 g/mol. The first-order valence-corrected chi connectivity index (χ1v) is 8.06. The van der Waals surface area contributed by atoms with Gasteiger partial charge >= 0.3 is 105 Å². The fraction of sp³-hybridized carbons (Fsp3) is 0.429. The van der Waals surface area contributed by atoms with E-state index in [1.165, 1.54) is 12.8 Å². The zero-order valence-corrected chi connectivity index (χ0v) is 14.8. The molecule has 0 aliphatic heterocycles. The van der Waals surface area contributed by atoms with E-state index in [0.29, 0.717) is 0 Å². The fourth-order valence-electron chi connectivity index (χ4n) is 2.12. The van der Waals surface area contributed by atoms with Crippen molar-refractivity contribution in [2.24, 2.45) is 0 Å². The van der Waals surface area contributed by atoms with Crippen LogP contribution in [0.25, 0.3) is 0 Å². The van der Waals surface area contributed by atoms with Crippen molar-refractivity contribution in [3.8, 4) is 0 Å². The molecule has 17 heavy (non-hydrogen) atoms. The van der Waals surface area contributed by atoms with Crippen molar-refractivity contribution in [2.75, 3.05) is 0 Å². The Labute approximate surface area is 129 Å². The van der Waals surface area contributed by atoms with Crippen molar-refractivity contribution in [2.45, 2.75) is 40.5 Å². The maximum Gasteiger partial charge on any atom is -1.00 e. The van der Waals surface area contributed by atoms with Gasteiger partial charge in [-0.05, 0) is 0 Å². The predicted octanol–water partition coefficient (Wildman–Crippen LogP) is -1.68. The zero-order valence-electron chi connectivity index (χ0n) is 10.8. The third-order valence-electron chi connectivity index (χ3n) is 3.45. The van der Waals surface area contributed by atoms with Crippen molar-refractivity contribution >= 4 is 0 Å². The summed E-state index contributed by atoms with van der Waals surface area (Å²) < 4.78 is 3.47. The summed E-state index contributed by atoms with van der Waals surface area (Å²) in [6, 6.07) is 0. The molecule has 0 atom stereocenters. The number of rotatable bonds is 2. The van der Waals surface area contributed by atoms with E-state index in [4.69, 9.17) is 0 Å². The zero-order chi connectivity index (χ0) is 11.0. The van der Waals surface area contributed by atoms with Crippen molar-refractivity contribution in [1.29, 1.82) is 0 Å². The molecule has 2 aliphatic rings. The quantitative estimate of drug-likeness (QED) is 0.560. The van der Waals surface area contributed by atoms with Crippen LogP contribution in [0, 0.1) is 0 Å². The van der Waals surface area contributed by atoms with E-state index in [-0.39, 0.29) is 24.8 Å². The van der Waals surface area contributed by atoms with Crippen molar-refractivity contribution in [3.05, 3.63) is 41.0 Å². The number of allylic oxidation sites excluding steroid dienone is 8. The largest absolute Gasteiger partial charge is 1.00 e. The number of halogens is 2. The van der Waals surface area contributed by atoms with Crippen molar-refractivity contribution in [3.63, 3.8) is 0 Å². The molecule has 0 nitrogen and oxygen atoms in total. The fourth-order valence-corrected chi connectivity index (χ4v) is 5.78. The molecular formula is C14H18Cl2Zr. The van der Waals surface area contributed by atoms with Crippen LogP contribution >= 0.6 is 0 Å². The molecule has 0 bridgehead atoms. The molecule has 0 heterocycles.